The quantitative estimate of drug-likeness (QED) is 0.845. The summed E-state index contributed by atoms with van der Waals surface area (Å²) in [7, 11) is 0. The van der Waals surface area contributed by atoms with Gasteiger partial charge in [0.05, 0.1) is 11.6 Å². The lowest BCUT2D eigenvalue weighted by atomic mass is 10.2. The smallest absolute Gasteiger partial charge is 0.230 e. The van der Waals surface area contributed by atoms with E-state index in [1.807, 2.05) is 4.90 Å². The second-order valence-electron chi connectivity index (χ2n) is 5.49. The number of hydrogen-bond acceptors (Lipinski definition) is 7. The van der Waals surface area contributed by atoms with Crippen molar-refractivity contribution in [3.63, 3.8) is 0 Å². The Morgan fingerprint density at radius 1 is 1.08 bits per heavy atom. The molecule has 7 nitrogen and oxygen atoms in total. The number of rotatable bonds is 4. The van der Waals surface area contributed by atoms with Crippen LogP contribution in [0.3, 0.4) is 0 Å². The van der Waals surface area contributed by atoms with E-state index in [9.17, 15) is 0 Å². The monoisotopic (exact) mass is 368 g/mol. The van der Waals surface area contributed by atoms with Gasteiger partial charge in [-0.05, 0) is 18.2 Å². The molecule has 0 unspecified atom stereocenters. The molecule has 2 aromatic rings. The van der Waals surface area contributed by atoms with Gasteiger partial charge < -0.3 is 15.7 Å². The van der Waals surface area contributed by atoms with Gasteiger partial charge >= 0.3 is 0 Å². The molecule has 1 fully saturated rings. The van der Waals surface area contributed by atoms with Crippen molar-refractivity contribution in [3.05, 3.63) is 28.2 Å². The van der Waals surface area contributed by atoms with Gasteiger partial charge in [-0.1, -0.05) is 23.2 Å². The number of hydrogen-bond donors (Lipinski definition) is 2. The molecule has 24 heavy (non-hydrogen) atoms. The van der Waals surface area contributed by atoms with Crippen molar-refractivity contribution < 1.29 is 5.11 Å². The fourth-order valence-electron chi connectivity index (χ4n) is 2.62. The number of nitrogens with two attached hydrogens (primary N) is 1. The molecule has 1 saturated heterocycles. The van der Waals surface area contributed by atoms with Crippen LogP contribution in [0, 0.1) is 0 Å². The molecule has 0 aliphatic carbocycles. The third kappa shape index (κ3) is 3.87. The summed E-state index contributed by atoms with van der Waals surface area (Å²) in [5.41, 5.74) is 6.48. The first-order chi connectivity index (χ1) is 11.6. The predicted molar refractivity (Wildman–Crippen MR) is 95.4 cm³/mol. The first-order valence-electron chi connectivity index (χ1n) is 7.62. The Hall–Kier alpha value is -1.67. The van der Waals surface area contributed by atoms with E-state index >= 15 is 0 Å². The lowest BCUT2D eigenvalue weighted by molar-refractivity contribution is 0.188. The van der Waals surface area contributed by atoms with E-state index in [4.69, 9.17) is 34.0 Å². The van der Waals surface area contributed by atoms with Crippen molar-refractivity contribution in [3.8, 4) is 11.4 Å². The molecular formula is C15H18Cl2N6O. The van der Waals surface area contributed by atoms with Gasteiger partial charge in [-0.3, -0.25) is 4.90 Å². The van der Waals surface area contributed by atoms with Crippen molar-refractivity contribution in [2.24, 2.45) is 0 Å². The normalized spacial score (nSPS) is 15.7. The molecule has 128 valence electrons. The van der Waals surface area contributed by atoms with E-state index in [2.05, 4.69) is 19.9 Å². The lowest BCUT2D eigenvalue weighted by Crippen LogP contribution is -2.47. The average molecular weight is 369 g/mol. The summed E-state index contributed by atoms with van der Waals surface area (Å²) in [6.07, 6.45) is 0. The number of piperazine rings is 1. The summed E-state index contributed by atoms with van der Waals surface area (Å²) in [6, 6.07) is 5.12. The van der Waals surface area contributed by atoms with Crippen LogP contribution >= 0.6 is 23.2 Å². The fraction of sp³-hybridized carbons (Fsp3) is 0.400. The number of aliphatic hydroxyl groups is 1. The number of β-amino-alcohol motifs (C(OH)–C–C–N with tert-alkyl or cyclic N) is 1. The zero-order valence-electron chi connectivity index (χ0n) is 13.0. The van der Waals surface area contributed by atoms with Gasteiger partial charge in [0, 0.05) is 43.3 Å². The SMILES string of the molecule is Nc1nc(-c2cc(Cl)ccc2Cl)nc(N2CCN(CCO)CC2)n1. The minimum Gasteiger partial charge on any atom is -0.395 e. The Bertz CT molecular complexity index is 721. The number of halogens is 2. The molecule has 0 amide bonds. The van der Waals surface area contributed by atoms with E-state index in [-0.39, 0.29) is 12.6 Å². The number of aliphatic hydroxyl groups excluding tert-OH is 1. The molecule has 3 rings (SSSR count). The third-order valence-electron chi connectivity index (χ3n) is 3.88. The van der Waals surface area contributed by atoms with Crippen molar-refractivity contribution in [1.29, 1.82) is 0 Å². The number of nitrogen functional groups attached to an aromatic ring is 1. The maximum atomic E-state index is 9.02. The molecule has 3 N–H and O–H groups in total. The minimum absolute atomic E-state index is 0.142. The number of nitrogens with zero attached hydrogens (tertiary/aromatic N) is 5. The van der Waals surface area contributed by atoms with Crippen LogP contribution in [0.2, 0.25) is 10.0 Å². The van der Waals surface area contributed by atoms with Crippen LogP contribution in [-0.2, 0) is 0 Å². The van der Waals surface area contributed by atoms with Gasteiger partial charge in [-0.2, -0.15) is 15.0 Å². The van der Waals surface area contributed by atoms with Gasteiger partial charge in [0.1, 0.15) is 0 Å². The molecule has 0 bridgehead atoms. The van der Waals surface area contributed by atoms with Crippen molar-refractivity contribution in [2.45, 2.75) is 0 Å². The molecule has 2 heterocycles. The van der Waals surface area contributed by atoms with Gasteiger partial charge in [-0.25, -0.2) is 0 Å². The maximum Gasteiger partial charge on any atom is 0.230 e. The third-order valence-corrected chi connectivity index (χ3v) is 4.45. The van der Waals surface area contributed by atoms with E-state index < -0.39 is 0 Å². The summed E-state index contributed by atoms with van der Waals surface area (Å²) in [4.78, 5) is 17.2. The van der Waals surface area contributed by atoms with Crippen LogP contribution in [-0.4, -0.2) is 64.3 Å². The van der Waals surface area contributed by atoms with Crippen molar-refractivity contribution >= 4 is 35.1 Å². The highest BCUT2D eigenvalue weighted by atomic mass is 35.5. The maximum absolute atomic E-state index is 9.02. The molecule has 0 atom stereocenters. The Morgan fingerprint density at radius 2 is 1.83 bits per heavy atom. The number of aromatic nitrogens is 3. The predicted octanol–water partition coefficient (Wildman–Crippen LogP) is 1.54. The van der Waals surface area contributed by atoms with E-state index in [0.29, 0.717) is 33.9 Å². The Kier molecular flexibility index (Phi) is 5.35. The average Bonchev–Trinajstić information content (AvgIpc) is 2.57. The summed E-state index contributed by atoms with van der Waals surface area (Å²) in [5.74, 6) is 1.07. The largest absolute Gasteiger partial charge is 0.395 e. The highest BCUT2D eigenvalue weighted by Crippen LogP contribution is 2.29. The molecule has 0 saturated carbocycles. The van der Waals surface area contributed by atoms with Crippen molar-refractivity contribution in [2.75, 3.05) is 50.0 Å². The van der Waals surface area contributed by atoms with Crippen LogP contribution < -0.4 is 10.6 Å². The van der Waals surface area contributed by atoms with Crippen LogP contribution in [0.1, 0.15) is 0 Å². The topological polar surface area (TPSA) is 91.4 Å². The van der Waals surface area contributed by atoms with E-state index in [1.54, 1.807) is 18.2 Å². The number of benzene rings is 1. The van der Waals surface area contributed by atoms with Gasteiger partial charge in [0.25, 0.3) is 0 Å². The zero-order valence-corrected chi connectivity index (χ0v) is 14.5. The lowest BCUT2D eigenvalue weighted by Gasteiger charge is -2.34. The van der Waals surface area contributed by atoms with Crippen LogP contribution in [0.4, 0.5) is 11.9 Å². The molecule has 1 aliphatic heterocycles. The first kappa shape index (κ1) is 17.2. The molecule has 0 radical (unpaired) electrons. The van der Waals surface area contributed by atoms with E-state index in [1.165, 1.54) is 0 Å². The van der Waals surface area contributed by atoms with E-state index in [0.717, 1.165) is 26.2 Å². The molecule has 0 spiro atoms. The van der Waals surface area contributed by atoms with Crippen molar-refractivity contribution in [1.82, 2.24) is 19.9 Å². The first-order valence-corrected chi connectivity index (χ1v) is 8.37. The molecular weight excluding hydrogens is 351 g/mol. The fourth-order valence-corrected chi connectivity index (χ4v) is 3.00. The molecule has 1 aromatic carbocycles. The molecule has 1 aromatic heterocycles. The molecule has 1 aliphatic rings. The highest BCUT2D eigenvalue weighted by Gasteiger charge is 2.20. The number of anilines is 2. The summed E-state index contributed by atoms with van der Waals surface area (Å²) < 4.78 is 0. The summed E-state index contributed by atoms with van der Waals surface area (Å²) >= 11 is 12.3. The van der Waals surface area contributed by atoms with Gasteiger partial charge in [-0.15, -0.1) is 0 Å². The standard InChI is InChI=1S/C15H18Cl2N6O/c16-10-1-2-12(17)11(9-10)13-19-14(18)21-15(20-13)23-5-3-22(4-6-23)7-8-24/h1-2,9,24H,3-8H2,(H2,18,19,20,21). The Labute approximate surface area is 150 Å². The molecule has 9 heteroatoms. The van der Waals surface area contributed by atoms with Gasteiger partial charge in [0.2, 0.25) is 11.9 Å². The Balaban J connectivity index is 1.86. The van der Waals surface area contributed by atoms with Crippen LogP contribution in [0.15, 0.2) is 18.2 Å². The minimum atomic E-state index is 0.142. The van der Waals surface area contributed by atoms with Crippen LogP contribution in [0.5, 0.6) is 0 Å². The summed E-state index contributed by atoms with van der Waals surface area (Å²) in [6.45, 7) is 4.02. The second-order valence-corrected chi connectivity index (χ2v) is 6.34. The summed E-state index contributed by atoms with van der Waals surface area (Å²) in [5, 5.41) is 10.1. The highest BCUT2D eigenvalue weighted by molar-refractivity contribution is 6.35. The van der Waals surface area contributed by atoms with Crippen LogP contribution in [0.25, 0.3) is 11.4 Å². The van der Waals surface area contributed by atoms with Gasteiger partial charge in [0.15, 0.2) is 5.82 Å². The Morgan fingerprint density at radius 3 is 2.54 bits per heavy atom. The zero-order chi connectivity index (χ0) is 17.1. The second kappa shape index (κ2) is 7.48.